The molecule has 0 atom stereocenters. The van der Waals surface area contributed by atoms with Gasteiger partial charge in [-0.3, -0.25) is 4.57 Å². The Labute approximate surface area is 133 Å². The summed E-state index contributed by atoms with van der Waals surface area (Å²) in [5.41, 5.74) is 2.72. The van der Waals surface area contributed by atoms with E-state index in [1.165, 1.54) is 0 Å². The lowest BCUT2D eigenvalue weighted by molar-refractivity contribution is 0.0691. The Morgan fingerprint density at radius 2 is 1.96 bits per heavy atom. The van der Waals surface area contributed by atoms with Crippen molar-refractivity contribution in [2.45, 2.75) is 6.92 Å². The van der Waals surface area contributed by atoms with Crippen molar-refractivity contribution in [3.63, 3.8) is 0 Å². The van der Waals surface area contributed by atoms with Gasteiger partial charge in [0.2, 0.25) is 0 Å². The topological polar surface area (TPSA) is 64.3 Å². The summed E-state index contributed by atoms with van der Waals surface area (Å²) >= 11 is 0. The fourth-order valence-corrected chi connectivity index (χ4v) is 2.47. The number of hydrogen-bond donors (Lipinski definition) is 1. The quantitative estimate of drug-likeness (QED) is 0.800. The molecule has 0 fully saturated rings. The molecule has 116 valence electrons. The number of aromatic nitrogens is 2. The number of para-hydroxylation sites is 1. The molecular formula is C18H16N2O3. The van der Waals surface area contributed by atoms with Crippen LogP contribution in [-0.2, 0) is 0 Å². The highest BCUT2D eigenvalue weighted by Gasteiger charge is 2.17. The van der Waals surface area contributed by atoms with Gasteiger partial charge in [0.05, 0.1) is 7.11 Å². The third-order valence-electron chi connectivity index (χ3n) is 3.63. The van der Waals surface area contributed by atoms with Crippen LogP contribution in [0.25, 0.3) is 17.1 Å². The molecule has 1 heterocycles. The largest absolute Gasteiger partial charge is 0.497 e. The lowest BCUT2D eigenvalue weighted by Gasteiger charge is -2.11. The summed E-state index contributed by atoms with van der Waals surface area (Å²) in [6.45, 7) is 1.98. The number of ether oxygens (including phenoxy) is 1. The van der Waals surface area contributed by atoms with Crippen molar-refractivity contribution >= 4 is 5.97 Å². The molecule has 0 unspecified atom stereocenters. The molecule has 0 saturated heterocycles. The van der Waals surface area contributed by atoms with Crippen molar-refractivity contribution in [3.8, 4) is 22.8 Å². The van der Waals surface area contributed by atoms with Crippen molar-refractivity contribution in [2.24, 2.45) is 0 Å². The second-order valence-electron chi connectivity index (χ2n) is 5.14. The van der Waals surface area contributed by atoms with E-state index in [2.05, 4.69) is 4.98 Å². The minimum Gasteiger partial charge on any atom is -0.497 e. The summed E-state index contributed by atoms with van der Waals surface area (Å²) in [6, 6.07) is 15.2. The molecule has 5 heteroatoms. The molecule has 23 heavy (non-hydrogen) atoms. The third-order valence-corrected chi connectivity index (χ3v) is 3.63. The Bertz CT molecular complexity index is 868. The van der Waals surface area contributed by atoms with Gasteiger partial charge < -0.3 is 9.84 Å². The number of hydrogen-bond acceptors (Lipinski definition) is 3. The fourth-order valence-electron chi connectivity index (χ4n) is 2.47. The maximum absolute atomic E-state index is 11.3. The van der Waals surface area contributed by atoms with Crippen LogP contribution in [0, 0.1) is 6.92 Å². The van der Waals surface area contributed by atoms with Crippen LogP contribution >= 0.6 is 0 Å². The molecule has 0 spiro atoms. The predicted molar refractivity (Wildman–Crippen MR) is 87.2 cm³/mol. The molecule has 0 radical (unpaired) electrons. The fraction of sp³-hybridized carbons (Fsp3) is 0.111. The standard InChI is InChI=1S/C18H16N2O3/c1-12-6-3-4-9-16(12)20-11-15(18(21)22)19-17(20)13-7-5-8-14(10-13)23-2/h3-11H,1-2H3,(H,21,22). The lowest BCUT2D eigenvalue weighted by Crippen LogP contribution is -1.98. The van der Waals surface area contributed by atoms with E-state index in [4.69, 9.17) is 4.74 Å². The van der Waals surface area contributed by atoms with Gasteiger partial charge in [0.1, 0.15) is 11.6 Å². The Morgan fingerprint density at radius 3 is 2.65 bits per heavy atom. The minimum atomic E-state index is -1.05. The van der Waals surface area contributed by atoms with Crippen LogP contribution in [0.1, 0.15) is 16.1 Å². The van der Waals surface area contributed by atoms with Gasteiger partial charge in [-0.1, -0.05) is 30.3 Å². The summed E-state index contributed by atoms with van der Waals surface area (Å²) < 4.78 is 7.05. The number of rotatable bonds is 4. The van der Waals surface area contributed by atoms with Crippen LogP contribution in [0.15, 0.2) is 54.7 Å². The minimum absolute atomic E-state index is 0.00562. The summed E-state index contributed by atoms with van der Waals surface area (Å²) in [4.78, 5) is 15.6. The number of carboxylic acids is 1. The number of methoxy groups -OCH3 is 1. The summed E-state index contributed by atoms with van der Waals surface area (Å²) in [5.74, 6) is 0.204. The summed E-state index contributed by atoms with van der Waals surface area (Å²) in [6.07, 6.45) is 1.54. The van der Waals surface area contributed by atoms with E-state index in [1.54, 1.807) is 17.9 Å². The first-order valence-electron chi connectivity index (χ1n) is 7.13. The first-order chi connectivity index (χ1) is 11.1. The second kappa shape index (κ2) is 5.96. The molecule has 3 rings (SSSR count). The van der Waals surface area contributed by atoms with Gasteiger partial charge in [0, 0.05) is 17.4 Å². The molecule has 5 nitrogen and oxygen atoms in total. The zero-order valence-electron chi connectivity index (χ0n) is 12.9. The van der Waals surface area contributed by atoms with E-state index >= 15 is 0 Å². The second-order valence-corrected chi connectivity index (χ2v) is 5.14. The van der Waals surface area contributed by atoms with E-state index in [0.29, 0.717) is 11.6 Å². The molecule has 1 aromatic heterocycles. The van der Waals surface area contributed by atoms with Crippen LogP contribution in [0.3, 0.4) is 0 Å². The van der Waals surface area contributed by atoms with Crippen molar-refractivity contribution in [2.75, 3.05) is 7.11 Å². The van der Waals surface area contributed by atoms with Gasteiger partial charge in [-0.2, -0.15) is 0 Å². The van der Waals surface area contributed by atoms with Gasteiger partial charge in [-0.05, 0) is 30.7 Å². The predicted octanol–water partition coefficient (Wildman–Crippen LogP) is 3.55. The maximum Gasteiger partial charge on any atom is 0.356 e. The highest BCUT2D eigenvalue weighted by atomic mass is 16.5. The van der Waals surface area contributed by atoms with E-state index in [0.717, 1.165) is 16.8 Å². The van der Waals surface area contributed by atoms with Gasteiger partial charge in [-0.25, -0.2) is 9.78 Å². The summed E-state index contributed by atoms with van der Waals surface area (Å²) in [5, 5.41) is 9.29. The molecule has 0 aliphatic rings. The summed E-state index contributed by atoms with van der Waals surface area (Å²) in [7, 11) is 1.59. The Kier molecular flexibility index (Phi) is 3.85. The number of aryl methyl sites for hydroxylation is 1. The van der Waals surface area contributed by atoms with Gasteiger partial charge >= 0.3 is 5.97 Å². The molecule has 0 amide bonds. The first-order valence-corrected chi connectivity index (χ1v) is 7.13. The van der Waals surface area contributed by atoms with Crippen LogP contribution in [0.4, 0.5) is 0 Å². The first kappa shape index (κ1) is 14.8. The third kappa shape index (κ3) is 2.81. The van der Waals surface area contributed by atoms with Gasteiger partial charge in [-0.15, -0.1) is 0 Å². The number of nitrogens with zero attached hydrogens (tertiary/aromatic N) is 2. The molecule has 0 aliphatic heterocycles. The van der Waals surface area contributed by atoms with E-state index < -0.39 is 5.97 Å². The number of carbonyl (C=O) groups is 1. The molecular weight excluding hydrogens is 292 g/mol. The van der Waals surface area contributed by atoms with Crippen LogP contribution in [0.5, 0.6) is 5.75 Å². The van der Waals surface area contributed by atoms with Gasteiger partial charge in [0.25, 0.3) is 0 Å². The SMILES string of the molecule is COc1cccc(-c2nc(C(=O)O)cn2-c2ccccc2C)c1. The highest BCUT2D eigenvalue weighted by molar-refractivity contribution is 5.86. The highest BCUT2D eigenvalue weighted by Crippen LogP contribution is 2.27. The van der Waals surface area contributed by atoms with Crippen molar-refractivity contribution in [1.82, 2.24) is 9.55 Å². The smallest absolute Gasteiger partial charge is 0.356 e. The average molecular weight is 308 g/mol. The zero-order chi connectivity index (χ0) is 16.4. The van der Waals surface area contributed by atoms with Crippen LogP contribution in [0.2, 0.25) is 0 Å². The van der Waals surface area contributed by atoms with Crippen LogP contribution < -0.4 is 4.74 Å². The Morgan fingerprint density at radius 1 is 1.17 bits per heavy atom. The van der Waals surface area contributed by atoms with E-state index in [-0.39, 0.29) is 5.69 Å². The zero-order valence-corrected chi connectivity index (χ0v) is 12.9. The van der Waals surface area contributed by atoms with Gasteiger partial charge in [0.15, 0.2) is 5.69 Å². The van der Waals surface area contributed by atoms with Crippen molar-refractivity contribution in [3.05, 3.63) is 66.0 Å². The number of benzene rings is 2. The molecule has 0 bridgehead atoms. The average Bonchev–Trinajstić information content (AvgIpc) is 3.01. The molecule has 0 saturated carbocycles. The number of carboxylic acid groups (broad SMARTS) is 1. The van der Waals surface area contributed by atoms with E-state index in [9.17, 15) is 9.90 Å². The number of imidazole rings is 1. The number of aromatic carboxylic acids is 1. The molecule has 3 aromatic rings. The Balaban J connectivity index is 2.23. The molecule has 0 aliphatic carbocycles. The van der Waals surface area contributed by atoms with E-state index in [1.807, 2.05) is 55.5 Å². The monoisotopic (exact) mass is 308 g/mol. The van der Waals surface area contributed by atoms with Crippen molar-refractivity contribution < 1.29 is 14.6 Å². The Hall–Kier alpha value is -3.08. The molecule has 1 N–H and O–H groups in total. The lowest BCUT2D eigenvalue weighted by atomic mass is 10.1. The molecule has 2 aromatic carbocycles. The normalized spacial score (nSPS) is 10.5. The van der Waals surface area contributed by atoms with Crippen molar-refractivity contribution in [1.29, 1.82) is 0 Å². The maximum atomic E-state index is 11.3. The van der Waals surface area contributed by atoms with Crippen LogP contribution in [-0.4, -0.2) is 27.7 Å².